The molecule has 2 aromatic rings. The van der Waals surface area contributed by atoms with E-state index in [1.165, 1.54) is 6.33 Å². The third kappa shape index (κ3) is 4.84. The molecule has 0 bridgehead atoms. The van der Waals surface area contributed by atoms with Crippen molar-refractivity contribution in [3.05, 3.63) is 42.2 Å². The highest BCUT2D eigenvalue weighted by atomic mass is 16.5. The summed E-state index contributed by atoms with van der Waals surface area (Å²) in [5.41, 5.74) is 0.992. The van der Waals surface area contributed by atoms with Gasteiger partial charge in [0, 0.05) is 25.7 Å². The highest BCUT2D eigenvalue weighted by Crippen LogP contribution is 2.22. The monoisotopic (exact) mass is 355 g/mol. The number of nitrogens with zero attached hydrogens (tertiary/aromatic N) is 3. The highest BCUT2D eigenvalue weighted by Gasteiger charge is 2.17. The van der Waals surface area contributed by atoms with Crippen LogP contribution in [0.4, 0.5) is 16.4 Å². The van der Waals surface area contributed by atoms with Crippen molar-refractivity contribution in [3.8, 4) is 5.75 Å². The van der Waals surface area contributed by atoms with E-state index in [0.29, 0.717) is 12.4 Å². The van der Waals surface area contributed by atoms with Crippen LogP contribution in [0.2, 0.25) is 0 Å². The summed E-state index contributed by atoms with van der Waals surface area (Å²) in [6, 6.07) is 9.09. The molecule has 0 aliphatic carbocycles. The van der Waals surface area contributed by atoms with Crippen LogP contribution in [0.25, 0.3) is 0 Å². The molecule has 1 aliphatic heterocycles. The number of ether oxygens (including phenoxy) is 1. The lowest BCUT2D eigenvalue weighted by molar-refractivity contribution is 0.251. The van der Waals surface area contributed by atoms with E-state index >= 15 is 0 Å². The summed E-state index contributed by atoms with van der Waals surface area (Å²) in [5.74, 6) is 2.91. The summed E-state index contributed by atoms with van der Waals surface area (Å²) in [5, 5.41) is 5.60. The number of carbonyl (C=O) groups excluding carboxylic acids is 1. The summed E-state index contributed by atoms with van der Waals surface area (Å²) in [6.45, 7) is 4.68. The predicted molar refractivity (Wildman–Crippen MR) is 101 cm³/mol. The second kappa shape index (κ2) is 8.51. The molecule has 2 N–H and O–H groups in total. The number of urea groups is 1. The average Bonchev–Trinajstić information content (AvgIpc) is 2.67. The van der Waals surface area contributed by atoms with Crippen molar-refractivity contribution >= 4 is 17.7 Å². The summed E-state index contributed by atoms with van der Waals surface area (Å²) in [4.78, 5) is 22.8. The van der Waals surface area contributed by atoms with Crippen LogP contribution in [-0.4, -0.2) is 36.2 Å². The minimum Gasteiger partial charge on any atom is -0.497 e. The summed E-state index contributed by atoms with van der Waals surface area (Å²) in [6.07, 6.45) is 3.82. The molecule has 1 aliphatic rings. The van der Waals surface area contributed by atoms with Crippen LogP contribution in [0.3, 0.4) is 0 Å². The molecule has 0 spiro atoms. The molecule has 3 rings (SSSR count). The van der Waals surface area contributed by atoms with Crippen molar-refractivity contribution in [1.29, 1.82) is 0 Å². The highest BCUT2D eigenvalue weighted by molar-refractivity contribution is 5.88. The topological polar surface area (TPSA) is 79.4 Å². The van der Waals surface area contributed by atoms with E-state index in [9.17, 15) is 4.79 Å². The first kappa shape index (κ1) is 18.0. The maximum absolute atomic E-state index is 12.1. The zero-order chi connectivity index (χ0) is 18.4. The number of methoxy groups -OCH3 is 1. The Labute approximate surface area is 153 Å². The summed E-state index contributed by atoms with van der Waals surface area (Å²) < 4.78 is 5.12. The lowest BCUT2D eigenvalue weighted by atomic mass is 9.99. The molecule has 0 unspecified atom stereocenters. The molecule has 1 aromatic carbocycles. The van der Waals surface area contributed by atoms with Gasteiger partial charge in [-0.3, -0.25) is 5.32 Å². The average molecular weight is 355 g/mol. The normalized spacial score (nSPS) is 14.8. The Kier molecular flexibility index (Phi) is 5.88. The number of amides is 2. The fourth-order valence-corrected chi connectivity index (χ4v) is 2.91. The number of hydrogen-bond acceptors (Lipinski definition) is 5. The smallest absolute Gasteiger partial charge is 0.320 e. The lowest BCUT2D eigenvalue weighted by Gasteiger charge is -2.31. The number of nitrogens with one attached hydrogen (secondary N) is 2. The van der Waals surface area contributed by atoms with Crippen molar-refractivity contribution in [2.24, 2.45) is 5.92 Å². The SMILES string of the molecule is COc1ccc(CNC(=O)Nc2cc(N3CCC(C)CC3)ncn2)cc1. The van der Waals surface area contributed by atoms with Gasteiger partial charge in [-0.25, -0.2) is 14.8 Å². The van der Waals surface area contributed by atoms with Crippen LogP contribution in [0, 0.1) is 5.92 Å². The van der Waals surface area contributed by atoms with Crippen molar-refractivity contribution in [2.75, 3.05) is 30.4 Å². The Balaban J connectivity index is 1.53. The largest absolute Gasteiger partial charge is 0.497 e. The van der Waals surface area contributed by atoms with Crippen LogP contribution in [0.1, 0.15) is 25.3 Å². The zero-order valence-corrected chi connectivity index (χ0v) is 15.2. The van der Waals surface area contributed by atoms with Crippen LogP contribution in [0.5, 0.6) is 5.75 Å². The summed E-state index contributed by atoms with van der Waals surface area (Å²) in [7, 11) is 1.63. The number of hydrogen-bond donors (Lipinski definition) is 2. The van der Waals surface area contributed by atoms with E-state index in [-0.39, 0.29) is 6.03 Å². The standard InChI is InChI=1S/C19H25N5O2/c1-14-7-9-24(10-8-14)18-11-17(21-13-22-18)23-19(25)20-12-15-3-5-16(26-2)6-4-15/h3-6,11,13-14H,7-10,12H2,1-2H3,(H2,20,21,22,23,25). The van der Waals surface area contributed by atoms with Gasteiger partial charge >= 0.3 is 6.03 Å². The van der Waals surface area contributed by atoms with Gasteiger partial charge in [0.15, 0.2) is 0 Å². The molecule has 26 heavy (non-hydrogen) atoms. The van der Waals surface area contributed by atoms with Gasteiger partial charge < -0.3 is 15.0 Å². The molecule has 1 aromatic heterocycles. The zero-order valence-electron chi connectivity index (χ0n) is 15.2. The van der Waals surface area contributed by atoms with Crippen LogP contribution in [0.15, 0.2) is 36.7 Å². The van der Waals surface area contributed by atoms with E-state index in [4.69, 9.17) is 4.74 Å². The fourth-order valence-electron chi connectivity index (χ4n) is 2.91. The minimum atomic E-state index is -0.294. The van der Waals surface area contributed by atoms with Gasteiger partial charge in [-0.2, -0.15) is 0 Å². The van der Waals surface area contributed by atoms with Crippen LogP contribution in [-0.2, 0) is 6.54 Å². The molecule has 1 fully saturated rings. The first-order chi connectivity index (χ1) is 12.6. The second-order valence-corrected chi connectivity index (χ2v) is 6.59. The molecular weight excluding hydrogens is 330 g/mol. The van der Waals surface area contributed by atoms with Crippen molar-refractivity contribution < 1.29 is 9.53 Å². The first-order valence-electron chi connectivity index (χ1n) is 8.89. The fraction of sp³-hybridized carbons (Fsp3) is 0.421. The predicted octanol–water partition coefficient (Wildman–Crippen LogP) is 3.04. The Bertz CT molecular complexity index is 727. The maximum Gasteiger partial charge on any atom is 0.320 e. The summed E-state index contributed by atoms with van der Waals surface area (Å²) >= 11 is 0. The number of rotatable bonds is 5. The Morgan fingerprint density at radius 3 is 2.65 bits per heavy atom. The minimum absolute atomic E-state index is 0.294. The Morgan fingerprint density at radius 2 is 1.96 bits per heavy atom. The molecule has 0 saturated carbocycles. The van der Waals surface area contributed by atoms with Gasteiger partial charge in [0.1, 0.15) is 23.7 Å². The Hall–Kier alpha value is -2.83. The molecule has 0 atom stereocenters. The number of carbonyl (C=O) groups is 1. The van der Waals surface area contributed by atoms with Gasteiger partial charge in [-0.1, -0.05) is 19.1 Å². The number of aromatic nitrogens is 2. The van der Waals surface area contributed by atoms with Gasteiger partial charge in [0.25, 0.3) is 0 Å². The Morgan fingerprint density at radius 1 is 1.23 bits per heavy atom. The molecule has 7 heteroatoms. The number of benzene rings is 1. The van der Waals surface area contributed by atoms with Crippen LogP contribution < -0.4 is 20.3 Å². The molecule has 0 radical (unpaired) electrons. The quantitative estimate of drug-likeness (QED) is 0.862. The van der Waals surface area contributed by atoms with E-state index in [1.807, 2.05) is 30.3 Å². The molecular formula is C19H25N5O2. The van der Waals surface area contributed by atoms with Crippen LogP contribution >= 0.6 is 0 Å². The van der Waals surface area contributed by atoms with Gasteiger partial charge in [0.05, 0.1) is 7.11 Å². The van der Waals surface area contributed by atoms with Gasteiger partial charge in [-0.15, -0.1) is 0 Å². The number of piperidine rings is 1. The second-order valence-electron chi connectivity index (χ2n) is 6.59. The number of anilines is 2. The molecule has 2 heterocycles. The van der Waals surface area contributed by atoms with Crippen molar-refractivity contribution in [1.82, 2.24) is 15.3 Å². The first-order valence-corrected chi connectivity index (χ1v) is 8.89. The van der Waals surface area contributed by atoms with Crippen molar-refractivity contribution in [3.63, 3.8) is 0 Å². The van der Waals surface area contributed by atoms with E-state index < -0.39 is 0 Å². The van der Waals surface area contributed by atoms with Gasteiger partial charge in [-0.05, 0) is 36.5 Å². The molecule has 7 nitrogen and oxygen atoms in total. The molecule has 2 amide bonds. The third-order valence-electron chi connectivity index (χ3n) is 4.61. The van der Waals surface area contributed by atoms with E-state index in [0.717, 1.165) is 49.0 Å². The molecule has 138 valence electrons. The lowest BCUT2D eigenvalue weighted by Crippen LogP contribution is -2.33. The molecule has 1 saturated heterocycles. The maximum atomic E-state index is 12.1. The van der Waals surface area contributed by atoms with Crippen molar-refractivity contribution in [2.45, 2.75) is 26.3 Å². The van der Waals surface area contributed by atoms with E-state index in [2.05, 4.69) is 32.4 Å². The van der Waals surface area contributed by atoms with E-state index in [1.54, 1.807) is 7.11 Å². The van der Waals surface area contributed by atoms with Gasteiger partial charge in [0.2, 0.25) is 0 Å². The third-order valence-corrected chi connectivity index (χ3v) is 4.61.